The zero-order valence-electron chi connectivity index (χ0n) is 7.57. The van der Waals surface area contributed by atoms with Crippen LogP contribution >= 0.6 is 11.6 Å². The monoisotopic (exact) mass is 214 g/mol. The van der Waals surface area contributed by atoms with E-state index in [1.54, 1.807) is 12.1 Å². The van der Waals surface area contributed by atoms with Crippen LogP contribution in [0, 0.1) is 10.1 Å². The maximum absolute atomic E-state index is 10.4. The van der Waals surface area contributed by atoms with E-state index in [0.29, 0.717) is 6.54 Å². The number of nitrogens with two attached hydrogens (primary N) is 1. The molecule has 1 aromatic carbocycles. The van der Waals surface area contributed by atoms with E-state index in [-0.39, 0.29) is 10.7 Å². The predicted molar refractivity (Wildman–Crippen MR) is 55.5 cm³/mol. The fourth-order valence-corrected chi connectivity index (χ4v) is 1.43. The van der Waals surface area contributed by atoms with Gasteiger partial charge in [0.1, 0.15) is 5.02 Å². The molecule has 0 aliphatic carbocycles. The van der Waals surface area contributed by atoms with Crippen molar-refractivity contribution in [3.63, 3.8) is 0 Å². The van der Waals surface area contributed by atoms with E-state index in [1.807, 2.05) is 0 Å². The van der Waals surface area contributed by atoms with Crippen LogP contribution in [-0.4, -0.2) is 11.5 Å². The van der Waals surface area contributed by atoms with Gasteiger partial charge in [-0.1, -0.05) is 17.7 Å². The molecule has 0 spiro atoms. The average molecular weight is 215 g/mol. The van der Waals surface area contributed by atoms with E-state index in [1.165, 1.54) is 6.07 Å². The van der Waals surface area contributed by atoms with Crippen LogP contribution in [0.3, 0.4) is 0 Å². The summed E-state index contributed by atoms with van der Waals surface area (Å²) in [5.41, 5.74) is 6.28. The summed E-state index contributed by atoms with van der Waals surface area (Å²) in [6.45, 7) is 0.606. The van der Waals surface area contributed by atoms with Gasteiger partial charge < -0.3 is 5.73 Å². The standard InChI is InChI=1S/C9H11ClN2O2/c10-8-6-7(2-1-5-11)3-4-9(8)12(13)14/h3-4,6H,1-2,5,11H2. The van der Waals surface area contributed by atoms with Gasteiger partial charge in [-0.2, -0.15) is 0 Å². The minimum atomic E-state index is -0.491. The molecule has 0 bridgehead atoms. The van der Waals surface area contributed by atoms with E-state index in [0.717, 1.165) is 18.4 Å². The molecule has 5 heteroatoms. The first-order chi connectivity index (χ1) is 6.65. The molecule has 76 valence electrons. The van der Waals surface area contributed by atoms with Crippen molar-refractivity contribution >= 4 is 17.3 Å². The van der Waals surface area contributed by atoms with E-state index in [4.69, 9.17) is 17.3 Å². The van der Waals surface area contributed by atoms with Gasteiger partial charge in [-0.05, 0) is 31.0 Å². The number of aryl methyl sites for hydroxylation is 1. The molecule has 0 atom stereocenters. The fourth-order valence-electron chi connectivity index (χ4n) is 1.16. The minimum Gasteiger partial charge on any atom is -0.330 e. The lowest BCUT2D eigenvalue weighted by Gasteiger charge is -2.00. The lowest BCUT2D eigenvalue weighted by molar-refractivity contribution is -0.384. The fraction of sp³-hybridized carbons (Fsp3) is 0.333. The summed E-state index contributed by atoms with van der Waals surface area (Å²) < 4.78 is 0. The lowest BCUT2D eigenvalue weighted by Crippen LogP contribution is -2.00. The zero-order chi connectivity index (χ0) is 10.6. The molecule has 0 saturated heterocycles. The number of hydrogen-bond donors (Lipinski definition) is 1. The largest absolute Gasteiger partial charge is 0.330 e. The molecule has 0 aromatic heterocycles. The first kappa shape index (κ1) is 10.9. The van der Waals surface area contributed by atoms with Crippen molar-refractivity contribution in [2.45, 2.75) is 12.8 Å². The van der Waals surface area contributed by atoms with Gasteiger partial charge in [-0.25, -0.2) is 0 Å². The second-order valence-electron chi connectivity index (χ2n) is 2.94. The van der Waals surface area contributed by atoms with E-state index in [2.05, 4.69) is 0 Å². The number of nitro groups is 1. The van der Waals surface area contributed by atoms with Crippen LogP contribution in [0.4, 0.5) is 5.69 Å². The van der Waals surface area contributed by atoms with Crippen LogP contribution in [0.15, 0.2) is 18.2 Å². The Morgan fingerprint density at radius 2 is 2.21 bits per heavy atom. The Bertz CT molecular complexity index is 342. The summed E-state index contributed by atoms with van der Waals surface area (Å²) in [5.74, 6) is 0. The Balaban J connectivity index is 2.83. The third-order valence-corrected chi connectivity index (χ3v) is 2.18. The summed E-state index contributed by atoms with van der Waals surface area (Å²) in [6, 6.07) is 4.75. The molecule has 4 nitrogen and oxygen atoms in total. The Hall–Kier alpha value is -1.13. The smallest absolute Gasteiger partial charge is 0.287 e. The SMILES string of the molecule is NCCCc1ccc([N+](=O)[O-])c(Cl)c1. The number of nitro benzene ring substituents is 1. The summed E-state index contributed by atoms with van der Waals surface area (Å²) in [6.07, 6.45) is 1.66. The number of halogens is 1. The van der Waals surface area contributed by atoms with Crippen LogP contribution in [0.25, 0.3) is 0 Å². The molecule has 0 unspecified atom stereocenters. The number of nitrogens with zero attached hydrogens (tertiary/aromatic N) is 1. The number of hydrogen-bond acceptors (Lipinski definition) is 3. The third kappa shape index (κ3) is 2.68. The highest BCUT2D eigenvalue weighted by Gasteiger charge is 2.11. The highest BCUT2D eigenvalue weighted by atomic mass is 35.5. The Kier molecular flexibility index (Phi) is 3.85. The molecule has 2 N–H and O–H groups in total. The Morgan fingerprint density at radius 1 is 1.50 bits per heavy atom. The molecule has 1 aromatic rings. The molecule has 0 fully saturated rings. The van der Waals surface area contributed by atoms with Crippen LogP contribution in [0.2, 0.25) is 5.02 Å². The highest BCUT2D eigenvalue weighted by molar-refractivity contribution is 6.32. The van der Waals surface area contributed by atoms with Gasteiger partial charge in [0.2, 0.25) is 0 Å². The van der Waals surface area contributed by atoms with Crippen molar-refractivity contribution in [1.82, 2.24) is 0 Å². The van der Waals surface area contributed by atoms with Gasteiger partial charge >= 0.3 is 0 Å². The predicted octanol–water partition coefficient (Wildman–Crippen LogP) is 2.14. The molecule has 0 saturated carbocycles. The normalized spacial score (nSPS) is 10.1. The second kappa shape index (κ2) is 4.93. The molecule has 1 rings (SSSR count). The summed E-state index contributed by atoms with van der Waals surface area (Å²) in [5, 5.41) is 10.6. The van der Waals surface area contributed by atoms with Gasteiger partial charge in [0.25, 0.3) is 5.69 Å². The quantitative estimate of drug-likeness (QED) is 0.617. The van der Waals surface area contributed by atoms with Gasteiger partial charge in [0.05, 0.1) is 4.92 Å². The van der Waals surface area contributed by atoms with Crippen molar-refractivity contribution < 1.29 is 4.92 Å². The average Bonchev–Trinajstić information content (AvgIpc) is 2.14. The van der Waals surface area contributed by atoms with Crippen molar-refractivity contribution in [3.8, 4) is 0 Å². The second-order valence-corrected chi connectivity index (χ2v) is 3.34. The van der Waals surface area contributed by atoms with Crippen molar-refractivity contribution in [3.05, 3.63) is 38.9 Å². The molecule has 0 amide bonds. The summed E-state index contributed by atoms with van der Waals surface area (Å²) in [4.78, 5) is 9.96. The zero-order valence-corrected chi connectivity index (χ0v) is 8.33. The summed E-state index contributed by atoms with van der Waals surface area (Å²) in [7, 11) is 0. The Morgan fingerprint density at radius 3 is 2.71 bits per heavy atom. The van der Waals surface area contributed by atoms with Crippen LogP contribution in [0.5, 0.6) is 0 Å². The van der Waals surface area contributed by atoms with Gasteiger partial charge in [0, 0.05) is 6.07 Å². The van der Waals surface area contributed by atoms with Gasteiger partial charge in [-0.3, -0.25) is 10.1 Å². The minimum absolute atomic E-state index is 0.0526. The topological polar surface area (TPSA) is 69.2 Å². The number of rotatable bonds is 4. The number of benzene rings is 1. The molecule has 0 aliphatic rings. The third-order valence-electron chi connectivity index (χ3n) is 1.88. The summed E-state index contributed by atoms with van der Waals surface area (Å²) >= 11 is 5.73. The van der Waals surface area contributed by atoms with Crippen LogP contribution in [-0.2, 0) is 6.42 Å². The van der Waals surface area contributed by atoms with E-state index >= 15 is 0 Å². The van der Waals surface area contributed by atoms with E-state index in [9.17, 15) is 10.1 Å². The highest BCUT2D eigenvalue weighted by Crippen LogP contribution is 2.25. The molecule has 0 radical (unpaired) electrons. The molecule has 0 heterocycles. The van der Waals surface area contributed by atoms with Crippen molar-refractivity contribution in [2.75, 3.05) is 6.54 Å². The maximum atomic E-state index is 10.4. The van der Waals surface area contributed by atoms with Crippen molar-refractivity contribution in [1.29, 1.82) is 0 Å². The first-order valence-corrected chi connectivity index (χ1v) is 4.66. The first-order valence-electron chi connectivity index (χ1n) is 4.28. The molecular weight excluding hydrogens is 204 g/mol. The maximum Gasteiger partial charge on any atom is 0.287 e. The molecular formula is C9H11ClN2O2. The van der Waals surface area contributed by atoms with Crippen LogP contribution in [0.1, 0.15) is 12.0 Å². The lowest BCUT2D eigenvalue weighted by atomic mass is 10.1. The van der Waals surface area contributed by atoms with Gasteiger partial charge in [0.15, 0.2) is 0 Å². The van der Waals surface area contributed by atoms with Crippen LogP contribution < -0.4 is 5.73 Å². The van der Waals surface area contributed by atoms with E-state index < -0.39 is 4.92 Å². The molecule has 0 aliphatic heterocycles. The van der Waals surface area contributed by atoms with Gasteiger partial charge in [-0.15, -0.1) is 0 Å². The Labute approximate surface area is 86.8 Å². The molecule has 14 heavy (non-hydrogen) atoms. The van der Waals surface area contributed by atoms with Crippen molar-refractivity contribution in [2.24, 2.45) is 5.73 Å².